The van der Waals surface area contributed by atoms with Gasteiger partial charge in [0, 0.05) is 32.7 Å². The number of para-hydroxylation sites is 1. The summed E-state index contributed by atoms with van der Waals surface area (Å²) in [5.41, 5.74) is 0. The Balaban J connectivity index is 1.61. The Morgan fingerprint density at radius 3 is 2.76 bits per heavy atom. The third-order valence-electron chi connectivity index (χ3n) is 3.87. The summed E-state index contributed by atoms with van der Waals surface area (Å²) in [5, 5.41) is 6.34. The van der Waals surface area contributed by atoms with Crippen molar-refractivity contribution in [3.05, 3.63) is 30.3 Å². The van der Waals surface area contributed by atoms with E-state index in [0.717, 1.165) is 12.2 Å². The predicted molar refractivity (Wildman–Crippen MR) is 92.0 cm³/mol. The van der Waals surface area contributed by atoms with Crippen molar-refractivity contribution in [1.29, 1.82) is 0 Å². The van der Waals surface area contributed by atoms with E-state index >= 15 is 0 Å². The molecule has 0 spiro atoms. The molecule has 2 rings (SSSR count). The molecule has 1 heterocycles. The summed E-state index contributed by atoms with van der Waals surface area (Å²) in [6.45, 7) is 1.22. The fourth-order valence-electron chi connectivity index (χ4n) is 2.72. The van der Waals surface area contributed by atoms with E-state index in [4.69, 9.17) is 4.74 Å². The summed E-state index contributed by atoms with van der Waals surface area (Å²) >= 11 is 0. The molecule has 1 aliphatic heterocycles. The summed E-state index contributed by atoms with van der Waals surface area (Å²) in [5.74, 6) is 1.44. The fourth-order valence-corrected chi connectivity index (χ4v) is 2.72. The van der Waals surface area contributed by atoms with Gasteiger partial charge in [0.05, 0.1) is 13.2 Å². The van der Waals surface area contributed by atoms with E-state index in [9.17, 15) is 13.2 Å². The number of halogens is 3. The minimum atomic E-state index is -4.15. The molecule has 1 aliphatic rings. The predicted octanol–water partition coefficient (Wildman–Crippen LogP) is 2.26. The third kappa shape index (κ3) is 7.64. The molecule has 2 N–H and O–H groups in total. The van der Waals surface area contributed by atoms with Crippen LogP contribution < -0.4 is 15.4 Å². The number of ether oxygens (including phenoxy) is 1. The standard InChI is InChI=1S/C17H25F3N4O/c1-21-16(22-9-5-11-25-15-6-3-2-4-7-15)23-14-8-10-24(12-14)13-17(18,19)20/h2-4,6-7,14H,5,8-13H2,1H3,(H2,21,22,23). The van der Waals surface area contributed by atoms with Gasteiger partial charge in [-0.05, 0) is 25.0 Å². The smallest absolute Gasteiger partial charge is 0.401 e. The lowest BCUT2D eigenvalue weighted by atomic mass is 10.3. The molecule has 1 aromatic carbocycles. The van der Waals surface area contributed by atoms with Gasteiger partial charge >= 0.3 is 6.18 Å². The highest BCUT2D eigenvalue weighted by molar-refractivity contribution is 5.79. The lowest BCUT2D eigenvalue weighted by Crippen LogP contribution is -2.45. The molecular weight excluding hydrogens is 333 g/mol. The van der Waals surface area contributed by atoms with E-state index in [1.54, 1.807) is 7.05 Å². The maximum atomic E-state index is 12.4. The highest BCUT2D eigenvalue weighted by Crippen LogP contribution is 2.19. The average molecular weight is 358 g/mol. The van der Waals surface area contributed by atoms with Crippen LogP contribution in [0, 0.1) is 0 Å². The second kappa shape index (κ2) is 9.50. The highest BCUT2D eigenvalue weighted by Gasteiger charge is 2.34. The summed E-state index contributed by atoms with van der Waals surface area (Å²) in [6, 6.07) is 9.56. The van der Waals surface area contributed by atoms with Crippen molar-refractivity contribution in [2.24, 2.45) is 4.99 Å². The van der Waals surface area contributed by atoms with Crippen molar-refractivity contribution in [2.75, 3.05) is 39.8 Å². The van der Waals surface area contributed by atoms with Crippen LogP contribution in [0.25, 0.3) is 0 Å². The van der Waals surface area contributed by atoms with Crippen LogP contribution in [0.1, 0.15) is 12.8 Å². The lowest BCUT2D eigenvalue weighted by molar-refractivity contribution is -0.143. The zero-order valence-electron chi connectivity index (χ0n) is 14.4. The number of aliphatic imine (C=N–C) groups is 1. The van der Waals surface area contributed by atoms with Crippen LogP contribution in [0.15, 0.2) is 35.3 Å². The SMILES string of the molecule is CN=C(NCCCOc1ccccc1)NC1CCN(CC(F)(F)F)C1. The zero-order chi connectivity index (χ0) is 18.1. The Morgan fingerprint density at radius 2 is 2.08 bits per heavy atom. The van der Waals surface area contributed by atoms with Crippen LogP contribution >= 0.6 is 0 Å². The molecule has 0 aromatic heterocycles. The molecule has 1 saturated heterocycles. The van der Waals surface area contributed by atoms with Crippen LogP contribution in [0.4, 0.5) is 13.2 Å². The van der Waals surface area contributed by atoms with E-state index < -0.39 is 12.7 Å². The molecule has 25 heavy (non-hydrogen) atoms. The number of nitrogens with zero attached hydrogens (tertiary/aromatic N) is 2. The van der Waals surface area contributed by atoms with E-state index in [-0.39, 0.29) is 6.04 Å². The molecule has 5 nitrogen and oxygen atoms in total. The van der Waals surface area contributed by atoms with Crippen molar-refractivity contribution in [3.63, 3.8) is 0 Å². The lowest BCUT2D eigenvalue weighted by Gasteiger charge is -2.19. The normalized spacial score (nSPS) is 19.0. The van der Waals surface area contributed by atoms with Crippen LogP contribution in [0.3, 0.4) is 0 Å². The first kappa shape index (κ1) is 19.4. The molecule has 0 radical (unpaired) electrons. The number of likely N-dealkylation sites (tertiary alicyclic amines) is 1. The number of rotatable bonds is 7. The number of hydrogen-bond donors (Lipinski definition) is 2. The molecule has 8 heteroatoms. The first-order valence-corrected chi connectivity index (χ1v) is 8.40. The molecule has 0 aliphatic carbocycles. The Labute approximate surface area is 146 Å². The minimum Gasteiger partial charge on any atom is -0.494 e. The van der Waals surface area contributed by atoms with Gasteiger partial charge in [0.1, 0.15) is 5.75 Å². The van der Waals surface area contributed by atoms with Gasteiger partial charge in [0.25, 0.3) is 0 Å². The second-order valence-electron chi connectivity index (χ2n) is 5.99. The number of guanidine groups is 1. The molecule has 0 saturated carbocycles. The van der Waals surface area contributed by atoms with Crippen molar-refractivity contribution in [2.45, 2.75) is 25.1 Å². The summed E-state index contributed by atoms with van der Waals surface area (Å²) in [6.07, 6.45) is -2.68. The Bertz CT molecular complexity index is 536. The van der Waals surface area contributed by atoms with Gasteiger partial charge in [-0.25, -0.2) is 0 Å². The van der Waals surface area contributed by atoms with Gasteiger partial charge in [-0.1, -0.05) is 18.2 Å². The Hall–Kier alpha value is -1.96. The van der Waals surface area contributed by atoms with Gasteiger partial charge in [0.2, 0.25) is 0 Å². The van der Waals surface area contributed by atoms with E-state index in [1.807, 2.05) is 30.3 Å². The van der Waals surface area contributed by atoms with Crippen LogP contribution in [-0.2, 0) is 0 Å². The van der Waals surface area contributed by atoms with E-state index in [1.165, 1.54) is 4.90 Å². The van der Waals surface area contributed by atoms with E-state index in [2.05, 4.69) is 15.6 Å². The minimum absolute atomic E-state index is 0.0193. The molecule has 140 valence electrons. The van der Waals surface area contributed by atoms with Crippen molar-refractivity contribution >= 4 is 5.96 Å². The van der Waals surface area contributed by atoms with Gasteiger partial charge < -0.3 is 15.4 Å². The second-order valence-corrected chi connectivity index (χ2v) is 5.99. The Morgan fingerprint density at radius 1 is 1.32 bits per heavy atom. The summed E-state index contributed by atoms with van der Waals surface area (Å²) < 4.78 is 42.8. The monoisotopic (exact) mass is 358 g/mol. The van der Waals surface area contributed by atoms with Crippen LogP contribution in [0.5, 0.6) is 5.75 Å². The first-order valence-electron chi connectivity index (χ1n) is 8.40. The van der Waals surface area contributed by atoms with Crippen LogP contribution in [-0.4, -0.2) is 62.9 Å². The topological polar surface area (TPSA) is 48.9 Å². The molecular formula is C17H25F3N4O. The molecule has 1 fully saturated rings. The maximum Gasteiger partial charge on any atom is 0.401 e. The van der Waals surface area contributed by atoms with Gasteiger partial charge in [-0.2, -0.15) is 13.2 Å². The molecule has 0 amide bonds. The summed E-state index contributed by atoms with van der Waals surface area (Å²) in [7, 11) is 1.65. The van der Waals surface area contributed by atoms with Gasteiger partial charge in [0.15, 0.2) is 5.96 Å². The van der Waals surface area contributed by atoms with Crippen molar-refractivity contribution < 1.29 is 17.9 Å². The molecule has 1 atom stereocenters. The Kier molecular flexibility index (Phi) is 7.36. The fraction of sp³-hybridized carbons (Fsp3) is 0.588. The first-order chi connectivity index (χ1) is 12.0. The zero-order valence-corrected chi connectivity index (χ0v) is 14.4. The summed E-state index contributed by atoms with van der Waals surface area (Å²) in [4.78, 5) is 5.54. The largest absolute Gasteiger partial charge is 0.494 e. The number of hydrogen-bond acceptors (Lipinski definition) is 3. The quantitative estimate of drug-likeness (QED) is 0.446. The maximum absolute atomic E-state index is 12.4. The third-order valence-corrected chi connectivity index (χ3v) is 3.87. The molecule has 1 unspecified atom stereocenters. The molecule has 1 aromatic rings. The van der Waals surface area contributed by atoms with Gasteiger partial charge in [-0.15, -0.1) is 0 Å². The van der Waals surface area contributed by atoms with Crippen molar-refractivity contribution in [1.82, 2.24) is 15.5 Å². The number of benzene rings is 1. The van der Waals surface area contributed by atoms with Gasteiger partial charge in [-0.3, -0.25) is 9.89 Å². The number of alkyl halides is 3. The van der Waals surface area contributed by atoms with Crippen LogP contribution in [0.2, 0.25) is 0 Å². The highest BCUT2D eigenvalue weighted by atomic mass is 19.4. The van der Waals surface area contributed by atoms with Crippen molar-refractivity contribution in [3.8, 4) is 5.75 Å². The average Bonchev–Trinajstić information content (AvgIpc) is 2.99. The van der Waals surface area contributed by atoms with E-state index in [0.29, 0.717) is 38.6 Å². The molecule has 0 bridgehead atoms. The number of nitrogens with one attached hydrogen (secondary N) is 2.